The molecule has 2 unspecified atom stereocenters. The third-order valence-corrected chi connectivity index (χ3v) is 3.50. The molecule has 1 aromatic carbocycles. The molecule has 108 valence electrons. The van der Waals surface area contributed by atoms with Gasteiger partial charge in [0.15, 0.2) is 0 Å². The van der Waals surface area contributed by atoms with Gasteiger partial charge in [0.1, 0.15) is 12.2 Å². The summed E-state index contributed by atoms with van der Waals surface area (Å²) in [5, 5.41) is 8.59. The molecule has 0 radical (unpaired) electrons. The van der Waals surface area contributed by atoms with Crippen molar-refractivity contribution in [2.75, 3.05) is 32.2 Å². The standard InChI is InChI=1S/C15H19NO4/c1-19-13-9-16(10-14(13)20-2)12-6-3-11(4-7-12)5-8-15(17)18/h3-8,13-14H,9-10H2,1-2H3,(H,17,18)/b8-5+. The molecule has 1 saturated heterocycles. The number of nitrogens with zero attached hydrogens (tertiary/aromatic N) is 1. The largest absolute Gasteiger partial charge is 0.478 e. The summed E-state index contributed by atoms with van der Waals surface area (Å²) in [5.74, 6) is -0.945. The first-order chi connectivity index (χ1) is 9.63. The molecular formula is C15H19NO4. The van der Waals surface area contributed by atoms with E-state index in [0.717, 1.165) is 30.4 Å². The second-order valence-electron chi connectivity index (χ2n) is 4.72. The van der Waals surface area contributed by atoms with Gasteiger partial charge in [0.25, 0.3) is 0 Å². The third-order valence-electron chi connectivity index (χ3n) is 3.50. The van der Waals surface area contributed by atoms with Crippen LogP contribution in [0.4, 0.5) is 5.69 Å². The summed E-state index contributed by atoms with van der Waals surface area (Å²) in [6, 6.07) is 7.76. The van der Waals surface area contributed by atoms with Crippen molar-refractivity contribution in [1.29, 1.82) is 0 Å². The Kier molecular flexibility index (Phi) is 4.76. The molecule has 2 rings (SSSR count). The van der Waals surface area contributed by atoms with Gasteiger partial charge in [-0.1, -0.05) is 12.1 Å². The lowest BCUT2D eigenvalue weighted by molar-refractivity contribution is -0.131. The van der Waals surface area contributed by atoms with E-state index >= 15 is 0 Å². The first-order valence-corrected chi connectivity index (χ1v) is 6.45. The minimum atomic E-state index is -0.945. The number of methoxy groups -OCH3 is 2. The Balaban J connectivity index is 2.05. The fraction of sp³-hybridized carbons (Fsp3) is 0.400. The molecule has 0 spiro atoms. The van der Waals surface area contributed by atoms with Gasteiger partial charge < -0.3 is 19.5 Å². The first kappa shape index (κ1) is 14.6. The first-order valence-electron chi connectivity index (χ1n) is 6.45. The van der Waals surface area contributed by atoms with Crippen LogP contribution in [-0.2, 0) is 14.3 Å². The van der Waals surface area contributed by atoms with E-state index in [4.69, 9.17) is 14.6 Å². The van der Waals surface area contributed by atoms with E-state index in [2.05, 4.69) is 4.90 Å². The van der Waals surface area contributed by atoms with Crippen LogP contribution >= 0.6 is 0 Å². The van der Waals surface area contributed by atoms with Crippen molar-refractivity contribution in [3.05, 3.63) is 35.9 Å². The highest BCUT2D eigenvalue weighted by Crippen LogP contribution is 2.24. The highest BCUT2D eigenvalue weighted by molar-refractivity contribution is 5.85. The van der Waals surface area contributed by atoms with E-state index in [1.54, 1.807) is 20.3 Å². The number of benzene rings is 1. The van der Waals surface area contributed by atoms with Crippen molar-refractivity contribution >= 4 is 17.7 Å². The zero-order valence-corrected chi connectivity index (χ0v) is 11.7. The third kappa shape index (κ3) is 3.37. The normalized spacial score (nSPS) is 22.6. The summed E-state index contributed by atoms with van der Waals surface area (Å²) in [7, 11) is 3.39. The van der Waals surface area contributed by atoms with Crippen LogP contribution in [0.1, 0.15) is 5.56 Å². The van der Waals surface area contributed by atoms with Crippen LogP contribution in [-0.4, -0.2) is 50.6 Å². The summed E-state index contributed by atoms with van der Waals surface area (Å²) >= 11 is 0. The van der Waals surface area contributed by atoms with Gasteiger partial charge in [-0.3, -0.25) is 0 Å². The maximum absolute atomic E-state index is 10.5. The van der Waals surface area contributed by atoms with Crippen molar-refractivity contribution in [1.82, 2.24) is 0 Å². The van der Waals surface area contributed by atoms with Crippen LogP contribution in [0.3, 0.4) is 0 Å². The van der Waals surface area contributed by atoms with Gasteiger partial charge in [-0.2, -0.15) is 0 Å². The van der Waals surface area contributed by atoms with E-state index < -0.39 is 5.97 Å². The number of ether oxygens (including phenoxy) is 2. The van der Waals surface area contributed by atoms with E-state index in [9.17, 15) is 4.79 Å². The molecule has 1 heterocycles. The van der Waals surface area contributed by atoms with Gasteiger partial charge >= 0.3 is 5.97 Å². The van der Waals surface area contributed by atoms with Crippen LogP contribution in [0, 0.1) is 0 Å². The van der Waals surface area contributed by atoms with Gasteiger partial charge in [-0.25, -0.2) is 4.79 Å². The molecule has 1 aliphatic rings. The average Bonchev–Trinajstić information content (AvgIpc) is 2.89. The molecule has 1 aromatic rings. The highest BCUT2D eigenvalue weighted by atomic mass is 16.5. The number of anilines is 1. The van der Waals surface area contributed by atoms with E-state index in [-0.39, 0.29) is 12.2 Å². The van der Waals surface area contributed by atoms with Crippen molar-refractivity contribution in [2.45, 2.75) is 12.2 Å². The molecule has 1 N–H and O–H groups in total. The number of hydrogen-bond acceptors (Lipinski definition) is 4. The van der Waals surface area contributed by atoms with E-state index in [1.165, 1.54) is 0 Å². The lowest BCUT2D eigenvalue weighted by Gasteiger charge is -2.18. The summed E-state index contributed by atoms with van der Waals surface area (Å²) < 4.78 is 10.8. The highest BCUT2D eigenvalue weighted by Gasteiger charge is 2.32. The van der Waals surface area contributed by atoms with Gasteiger partial charge in [-0.15, -0.1) is 0 Å². The predicted octanol–water partition coefficient (Wildman–Crippen LogP) is 1.63. The number of aliphatic carboxylic acids is 1. The Hall–Kier alpha value is -1.85. The summed E-state index contributed by atoms with van der Waals surface area (Å²) in [6.45, 7) is 1.58. The predicted molar refractivity (Wildman–Crippen MR) is 76.9 cm³/mol. The number of carbonyl (C=O) groups is 1. The number of rotatable bonds is 5. The second-order valence-corrected chi connectivity index (χ2v) is 4.72. The maximum Gasteiger partial charge on any atom is 0.328 e. The maximum atomic E-state index is 10.5. The second kappa shape index (κ2) is 6.54. The molecule has 20 heavy (non-hydrogen) atoms. The van der Waals surface area contributed by atoms with E-state index in [1.807, 2.05) is 24.3 Å². The number of carboxylic acid groups (broad SMARTS) is 1. The molecular weight excluding hydrogens is 258 g/mol. The van der Waals surface area contributed by atoms with Crippen molar-refractivity contribution < 1.29 is 19.4 Å². The minimum absolute atomic E-state index is 0.0755. The fourth-order valence-corrected chi connectivity index (χ4v) is 2.37. The van der Waals surface area contributed by atoms with Crippen molar-refractivity contribution in [3.8, 4) is 0 Å². The van der Waals surface area contributed by atoms with Crippen molar-refractivity contribution in [3.63, 3.8) is 0 Å². The Bertz CT molecular complexity index is 471. The lowest BCUT2D eigenvalue weighted by atomic mass is 10.2. The van der Waals surface area contributed by atoms with Gasteiger partial charge in [0, 0.05) is 39.1 Å². The molecule has 1 aliphatic heterocycles. The minimum Gasteiger partial charge on any atom is -0.478 e. The quantitative estimate of drug-likeness (QED) is 0.829. The zero-order chi connectivity index (χ0) is 14.5. The Labute approximate surface area is 118 Å². The number of hydrogen-bond donors (Lipinski definition) is 1. The molecule has 1 fully saturated rings. The Morgan fingerprint density at radius 3 is 2.20 bits per heavy atom. The lowest BCUT2D eigenvalue weighted by Crippen LogP contribution is -2.27. The van der Waals surface area contributed by atoms with Crippen LogP contribution in [0.5, 0.6) is 0 Å². The Morgan fingerprint density at radius 2 is 1.75 bits per heavy atom. The van der Waals surface area contributed by atoms with E-state index in [0.29, 0.717) is 0 Å². The monoisotopic (exact) mass is 277 g/mol. The van der Waals surface area contributed by atoms with Crippen LogP contribution in [0.15, 0.2) is 30.3 Å². The molecule has 5 heteroatoms. The van der Waals surface area contributed by atoms with Gasteiger partial charge in [0.2, 0.25) is 0 Å². The molecule has 5 nitrogen and oxygen atoms in total. The summed E-state index contributed by atoms with van der Waals surface area (Å²) in [6.07, 6.45) is 2.86. The fourth-order valence-electron chi connectivity index (χ4n) is 2.37. The van der Waals surface area contributed by atoms with Crippen molar-refractivity contribution in [2.24, 2.45) is 0 Å². The molecule has 0 saturated carbocycles. The van der Waals surface area contributed by atoms with Gasteiger partial charge in [-0.05, 0) is 23.8 Å². The molecule has 0 bridgehead atoms. The molecule has 0 amide bonds. The summed E-state index contributed by atoms with van der Waals surface area (Å²) in [5.41, 5.74) is 1.95. The molecule has 0 aliphatic carbocycles. The molecule has 2 atom stereocenters. The Morgan fingerprint density at radius 1 is 1.20 bits per heavy atom. The smallest absolute Gasteiger partial charge is 0.328 e. The van der Waals surface area contributed by atoms with Crippen LogP contribution in [0.2, 0.25) is 0 Å². The zero-order valence-electron chi connectivity index (χ0n) is 11.7. The van der Waals surface area contributed by atoms with Gasteiger partial charge in [0.05, 0.1) is 0 Å². The topological polar surface area (TPSA) is 59.0 Å². The number of carboxylic acids is 1. The average molecular weight is 277 g/mol. The molecule has 0 aromatic heterocycles. The van der Waals surface area contributed by atoms with Crippen LogP contribution in [0.25, 0.3) is 6.08 Å². The van der Waals surface area contributed by atoms with Crippen LogP contribution < -0.4 is 4.90 Å². The summed E-state index contributed by atoms with van der Waals surface area (Å²) in [4.78, 5) is 12.7. The SMILES string of the molecule is COC1CN(c2ccc(/C=C/C(=O)O)cc2)CC1OC.